The zero-order chi connectivity index (χ0) is 16.2. The Labute approximate surface area is 140 Å². The third kappa shape index (κ3) is 6.82. The van der Waals surface area contributed by atoms with Gasteiger partial charge in [-0.2, -0.15) is 0 Å². The molecule has 1 aromatic rings. The van der Waals surface area contributed by atoms with E-state index in [-0.39, 0.29) is 7.92 Å². The fraction of sp³-hybridized carbons (Fsp3) is 0.714. The van der Waals surface area contributed by atoms with Gasteiger partial charge in [-0.1, -0.05) is 79.0 Å². The van der Waals surface area contributed by atoms with Crippen LogP contribution in [0.5, 0.6) is 0 Å². The molecule has 0 aliphatic carbocycles. The van der Waals surface area contributed by atoms with E-state index < -0.39 is 0 Å². The van der Waals surface area contributed by atoms with Crippen LogP contribution in [0.1, 0.15) is 83.3 Å². The van der Waals surface area contributed by atoms with Crippen molar-refractivity contribution in [1.29, 1.82) is 0 Å². The molecule has 1 unspecified atom stereocenters. The van der Waals surface area contributed by atoms with Gasteiger partial charge in [-0.05, 0) is 61.4 Å². The highest BCUT2D eigenvalue weighted by Gasteiger charge is 2.13. The minimum atomic E-state index is 0.0392. The average molecular weight is 321 g/mol. The van der Waals surface area contributed by atoms with Gasteiger partial charge in [0, 0.05) is 0 Å². The van der Waals surface area contributed by atoms with Crippen molar-refractivity contribution in [2.45, 2.75) is 85.0 Å². The molecule has 0 spiro atoms. The molecule has 0 aromatic heterocycles. The van der Waals surface area contributed by atoms with Gasteiger partial charge < -0.3 is 0 Å². The summed E-state index contributed by atoms with van der Waals surface area (Å²) in [7, 11) is 0.0392. The van der Waals surface area contributed by atoms with Crippen LogP contribution < -0.4 is 5.30 Å². The van der Waals surface area contributed by atoms with Crippen molar-refractivity contribution in [2.24, 2.45) is 0 Å². The van der Waals surface area contributed by atoms with Crippen molar-refractivity contribution in [3.05, 3.63) is 29.3 Å². The normalized spacial score (nSPS) is 12.5. The van der Waals surface area contributed by atoms with Gasteiger partial charge in [0.25, 0.3) is 0 Å². The van der Waals surface area contributed by atoms with Crippen LogP contribution in [-0.4, -0.2) is 12.8 Å². The van der Waals surface area contributed by atoms with Crippen molar-refractivity contribution in [3.63, 3.8) is 0 Å². The Morgan fingerprint density at radius 3 is 2.14 bits per heavy atom. The molecule has 0 aliphatic heterocycles. The monoisotopic (exact) mass is 320 g/mol. The topological polar surface area (TPSA) is 0 Å². The molecule has 0 fully saturated rings. The average Bonchev–Trinajstić information content (AvgIpc) is 2.54. The van der Waals surface area contributed by atoms with E-state index in [9.17, 15) is 0 Å². The first-order valence-electron chi connectivity index (χ1n) is 9.56. The van der Waals surface area contributed by atoms with Gasteiger partial charge in [0.15, 0.2) is 0 Å². The standard InChI is InChI=1S/C21H37P/c1-5-8-11-12-18-22(4)21-17-13-15-19(14-9-6-2)20(21)16-10-7-3/h13,15,17H,5-12,14,16,18H2,1-4H3. The fourth-order valence-corrected chi connectivity index (χ4v) is 5.11. The van der Waals surface area contributed by atoms with Gasteiger partial charge >= 0.3 is 0 Å². The second kappa shape index (κ2) is 12.1. The molecule has 0 heterocycles. The van der Waals surface area contributed by atoms with Gasteiger partial charge in [-0.25, -0.2) is 0 Å². The largest absolute Gasteiger partial charge is 0.0782 e. The van der Waals surface area contributed by atoms with E-state index >= 15 is 0 Å². The van der Waals surface area contributed by atoms with E-state index in [0.717, 1.165) is 0 Å². The molecule has 0 N–H and O–H groups in total. The van der Waals surface area contributed by atoms with Crippen molar-refractivity contribution < 1.29 is 0 Å². The molecule has 1 aromatic carbocycles. The fourth-order valence-electron chi connectivity index (χ4n) is 3.12. The number of hydrogen-bond donors (Lipinski definition) is 0. The lowest BCUT2D eigenvalue weighted by atomic mass is 9.98. The van der Waals surface area contributed by atoms with E-state index in [0.29, 0.717) is 0 Å². The second-order valence-corrected chi connectivity index (χ2v) is 8.93. The van der Waals surface area contributed by atoms with Crippen molar-refractivity contribution in [1.82, 2.24) is 0 Å². The predicted molar refractivity (Wildman–Crippen MR) is 105 cm³/mol. The predicted octanol–water partition coefficient (Wildman–Crippen LogP) is 6.69. The van der Waals surface area contributed by atoms with Crippen molar-refractivity contribution in [2.75, 3.05) is 12.8 Å². The first-order chi connectivity index (χ1) is 10.7. The highest BCUT2D eigenvalue weighted by atomic mass is 31.1. The van der Waals surface area contributed by atoms with Gasteiger partial charge in [-0.15, -0.1) is 0 Å². The number of hydrogen-bond acceptors (Lipinski definition) is 0. The lowest BCUT2D eigenvalue weighted by molar-refractivity contribution is 0.705. The summed E-state index contributed by atoms with van der Waals surface area (Å²) >= 11 is 0. The van der Waals surface area contributed by atoms with Gasteiger partial charge in [0.1, 0.15) is 0 Å². The molecule has 1 rings (SSSR count). The number of unbranched alkanes of at least 4 members (excludes halogenated alkanes) is 5. The molecule has 0 bridgehead atoms. The molecule has 0 saturated carbocycles. The number of rotatable bonds is 12. The summed E-state index contributed by atoms with van der Waals surface area (Å²) in [5.41, 5.74) is 3.37. The van der Waals surface area contributed by atoms with Crippen LogP contribution in [0.4, 0.5) is 0 Å². The third-order valence-corrected chi connectivity index (χ3v) is 6.82. The summed E-state index contributed by atoms with van der Waals surface area (Å²) in [6.07, 6.45) is 14.9. The smallest absolute Gasteiger partial charge is 0.0208 e. The minimum Gasteiger partial charge on any atom is -0.0782 e. The van der Waals surface area contributed by atoms with Crippen LogP contribution in [0.15, 0.2) is 18.2 Å². The zero-order valence-electron chi connectivity index (χ0n) is 15.5. The van der Waals surface area contributed by atoms with Crippen LogP contribution in [-0.2, 0) is 12.8 Å². The molecule has 1 heteroatoms. The molecule has 0 aliphatic rings. The number of aryl methyl sites for hydroxylation is 1. The van der Waals surface area contributed by atoms with Gasteiger partial charge in [0.2, 0.25) is 0 Å². The van der Waals surface area contributed by atoms with Crippen molar-refractivity contribution in [3.8, 4) is 0 Å². The first-order valence-corrected chi connectivity index (χ1v) is 11.5. The van der Waals surface area contributed by atoms with E-state index in [1.54, 1.807) is 16.4 Å². The van der Waals surface area contributed by atoms with Gasteiger partial charge in [0.05, 0.1) is 0 Å². The van der Waals surface area contributed by atoms with E-state index in [1.165, 1.54) is 70.4 Å². The van der Waals surface area contributed by atoms with Crippen LogP contribution >= 0.6 is 7.92 Å². The second-order valence-electron chi connectivity index (χ2n) is 6.60. The van der Waals surface area contributed by atoms with E-state index in [4.69, 9.17) is 0 Å². The molecule has 126 valence electrons. The Morgan fingerprint density at radius 2 is 1.45 bits per heavy atom. The summed E-state index contributed by atoms with van der Waals surface area (Å²) < 4.78 is 0. The molecule has 0 nitrogen and oxygen atoms in total. The molecule has 22 heavy (non-hydrogen) atoms. The molecule has 0 amide bonds. The highest BCUT2D eigenvalue weighted by molar-refractivity contribution is 7.65. The first kappa shape index (κ1) is 19.7. The zero-order valence-corrected chi connectivity index (χ0v) is 16.4. The number of benzene rings is 1. The maximum Gasteiger partial charge on any atom is -0.0208 e. The van der Waals surface area contributed by atoms with E-state index in [1.807, 2.05) is 0 Å². The minimum absolute atomic E-state index is 0.0392. The summed E-state index contributed by atoms with van der Waals surface area (Å²) in [5, 5.41) is 1.72. The summed E-state index contributed by atoms with van der Waals surface area (Å²) in [6, 6.07) is 7.15. The van der Waals surface area contributed by atoms with E-state index in [2.05, 4.69) is 45.6 Å². The molecule has 1 atom stereocenters. The van der Waals surface area contributed by atoms with Crippen LogP contribution in [0.25, 0.3) is 0 Å². The Kier molecular flexibility index (Phi) is 10.9. The van der Waals surface area contributed by atoms with Crippen molar-refractivity contribution >= 4 is 13.2 Å². The Balaban J connectivity index is 2.80. The Hall–Kier alpha value is -0.350. The molecule has 0 saturated heterocycles. The Morgan fingerprint density at radius 1 is 0.773 bits per heavy atom. The summed E-state index contributed by atoms with van der Waals surface area (Å²) in [6.45, 7) is 9.42. The lowest BCUT2D eigenvalue weighted by Gasteiger charge is -2.20. The summed E-state index contributed by atoms with van der Waals surface area (Å²) in [4.78, 5) is 0. The Bertz CT molecular complexity index is 397. The van der Waals surface area contributed by atoms with Crippen LogP contribution in [0, 0.1) is 0 Å². The van der Waals surface area contributed by atoms with Crippen LogP contribution in [0.2, 0.25) is 0 Å². The maximum absolute atomic E-state index is 2.51. The third-order valence-electron chi connectivity index (χ3n) is 4.59. The summed E-state index contributed by atoms with van der Waals surface area (Å²) in [5.74, 6) is 0. The van der Waals surface area contributed by atoms with Crippen LogP contribution in [0.3, 0.4) is 0 Å². The molecular formula is C21H37P. The quantitative estimate of drug-likeness (QED) is 0.297. The molecule has 0 radical (unpaired) electrons. The molecular weight excluding hydrogens is 283 g/mol. The SMILES string of the molecule is CCCCCCP(C)c1cccc(CCCC)c1CCCC. The maximum atomic E-state index is 2.51. The highest BCUT2D eigenvalue weighted by Crippen LogP contribution is 2.34. The lowest BCUT2D eigenvalue weighted by Crippen LogP contribution is -2.13. The van der Waals surface area contributed by atoms with Gasteiger partial charge in [-0.3, -0.25) is 0 Å².